The minimum atomic E-state index is 0.244. The van der Waals surface area contributed by atoms with Crippen molar-refractivity contribution in [3.05, 3.63) is 0 Å². The Morgan fingerprint density at radius 3 is 1.91 bits per heavy atom. The normalized spacial score (nSPS) is 16.0. The Labute approximate surface area is 68.8 Å². The molecule has 1 saturated heterocycles. The summed E-state index contributed by atoms with van der Waals surface area (Å²) in [4.78, 5) is 12.7. The lowest BCUT2D eigenvalue weighted by atomic mass is 10.0. The number of hydrogen-bond acceptors (Lipinski definition) is 2. The molecule has 0 spiro atoms. The van der Waals surface area contributed by atoms with Gasteiger partial charge in [-0.05, 0) is 0 Å². The fraction of sp³-hybridized carbons (Fsp3) is 0.875. The Hall–Kier alpha value is -0.570. The standard InChI is InChI=1S/C6H12N2O.C2H6/c1-8(2)6(9)5-3-7-4-5;1-2/h5,7H,3-4H2,1-2H3;1-2H3. The van der Waals surface area contributed by atoms with E-state index in [0.29, 0.717) is 0 Å². The van der Waals surface area contributed by atoms with Crippen molar-refractivity contribution >= 4 is 5.91 Å². The van der Waals surface area contributed by atoms with E-state index in [4.69, 9.17) is 0 Å². The molecule has 66 valence electrons. The Kier molecular flexibility index (Phi) is 4.86. The molecule has 0 radical (unpaired) electrons. The van der Waals surface area contributed by atoms with Crippen LogP contribution in [0.5, 0.6) is 0 Å². The van der Waals surface area contributed by atoms with Gasteiger partial charge in [0.2, 0.25) is 5.91 Å². The Balaban J connectivity index is 0.000000461. The molecule has 11 heavy (non-hydrogen) atoms. The lowest BCUT2D eigenvalue weighted by Crippen LogP contribution is -2.50. The van der Waals surface area contributed by atoms with E-state index in [9.17, 15) is 4.79 Å². The maximum absolute atomic E-state index is 11.0. The average molecular weight is 158 g/mol. The monoisotopic (exact) mass is 158 g/mol. The van der Waals surface area contributed by atoms with Gasteiger partial charge < -0.3 is 10.2 Å². The van der Waals surface area contributed by atoms with E-state index >= 15 is 0 Å². The van der Waals surface area contributed by atoms with Gasteiger partial charge in [0.25, 0.3) is 0 Å². The third-order valence-electron chi connectivity index (χ3n) is 1.57. The summed E-state index contributed by atoms with van der Waals surface area (Å²) < 4.78 is 0. The highest BCUT2D eigenvalue weighted by molar-refractivity contribution is 5.79. The van der Waals surface area contributed by atoms with Gasteiger partial charge in [0.05, 0.1) is 5.92 Å². The van der Waals surface area contributed by atoms with Crippen molar-refractivity contribution in [2.45, 2.75) is 13.8 Å². The van der Waals surface area contributed by atoms with Crippen molar-refractivity contribution in [3.8, 4) is 0 Å². The molecular formula is C8H18N2O. The fourth-order valence-corrected chi connectivity index (χ4v) is 0.828. The van der Waals surface area contributed by atoms with Crippen molar-refractivity contribution in [3.63, 3.8) is 0 Å². The van der Waals surface area contributed by atoms with Gasteiger partial charge in [-0.25, -0.2) is 0 Å². The predicted molar refractivity (Wildman–Crippen MR) is 46.4 cm³/mol. The van der Waals surface area contributed by atoms with E-state index in [0.717, 1.165) is 13.1 Å². The van der Waals surface area contributed by atoms with Gasteiger partial charge in [0, 0.05) is 27.2 Å². The highest BCUT2D eigenvalue weighted by Crippen LogP contribution is 2.04. The fourth-order valence-electron chi connectivity index (χ4n) is 0.828. The number of carbonyl (C=O) groups excluding carboxylic acids is 1. The average Bonchev–Trinajstić information content (AvgIpc) is 1.88. The first-order valence-corrected chi connectivity index (χ1v) is 4.13. The molecular weight excluding hydrogens is 140 g/mol. The summed E-state index contributed by atoms with van der Waals surface area (Å²) in [7, 11) is 3.58. The number of nitrogens with zero attached hydrogens (tertiary/aromatic N) is 1. The predicted octanol–water partition coefficient (Wildman–Crippen LogP) is 0.320. The minimum Gasteiger partial charge on any atom is -0.348 e. The zero-order valence-electron chi connectivity index (χ0n) is 7.85. The number of amides is 1. The molecule has 1 fully saturated rings. The van der Waals surface area contributed by atoms with Crippen molar-refractivity contribution in [2.24, 2.45) is 5.92 Å². The van der Waals surface area contributed by atoms with Crippen molar-refractivity contribution < 1.29 is 4.79 Å². The molecule has 0 aliphatic carbocycles. The van der Waals surface area contributed by atoms with Crippen LogP contribution in [0.1, 0.15) is 13.8 Å². The summed E-state index contributed by atoms with van der Waals surface area (Å²) in [5.41, 5.74) is 0. The van der Waals surface area contributed by atoms with Crippen molar-refractivity contribution in [1.29, 1.82) is 0 Å². The molecule has 1 N–H and O–H groups in total. The van der Waals surface area contributed by atoms with Gasteiger partial charge in [-0.3, -0.25) is 4.79 Å². The number of rotatable bonds is 1. The van der Waals surface area contributed by atoms with Gasteiger partial charge in [-0.15, -0.1) is 0 Å². The van der Waals surface area contributed by atoms with Crippen LogP contribution >= 0.6 is 0 Å². The molecule has 1 aliphatic heterocycles. The van der Waals surface area contributed by atoms with Gasteiger partial charge in [0.1, 0.15) is 0 Å². The topological polar surface area (TPSA) is 32.3 Å². The van der Waals surface area contributed by atoms with Gasteiger partial charge in [-0.1, -0.05) is 13.8 Å². The summed E-state index contributed by atoms with van der Waals surface area (Å²) >= 11 is 0. The van der Waals surface area contributed by atoms with Gasteiger partial charge >= 0.3 is 0 Å². The highest BCUT2D eigenvalue weighted by atomic mass is 16.2. The number of nitrogens with one attached hydrogen (secondary N) is 1. The van der Waals surface area contributed by atoms with Crippen molar-refractivity contribution in [2.75, 3.05) is 27.2 Å². The van der Waals surface area contributed by atoms with Crippen molar-refractivity contribution in [1.82, 2.24) is 10.2 Å². The first-order chi connectivity index (χ1) is 5.22. The van der Waals surface area contributed by atoms with Crippen LogP contribution in [-0.2, 0) is 4.79 Å². The number of hydrogen-bond donors (Lipinski definition) is 1. The van der Waals surface area contributed by atoms with Crippen LogP contribution in [0.25, 0.3) is 0 Å². The molecule has 0 aromatic carbocycles. The number of carbonyl (C=O) groups is 1. The van der Waals surface area contributed by atoms with E-state index in [1.807, 2.05) is 13.8 Å². The Morgan fingerprint density at radius 2 is 1.82 bits per heavy atom. The molecule has 0 bridgehead atoms. The Bertz CT molecular complexity index is 119. The summed E-state index contributed by atoms with van der Waals surface area (Å²) in [6.45, 7) is 5.72. The molecule has 3 heteroatoms. The zero-order valence-corrected chi connectivity index (χ0v) is 7.85. The summed E-state index contributed by atoms with van der Waals surface area (Å²) in [5.74, 6) is 0.494. The zero-order chi connectivity index (χ0) is 8.85. The van der Waals surface area contributed by atoms with Gasteiger partial charge in [0.15, 0.2) is 0 Å². The quantitative estimate of drug-likeness (QED) is 0.596. The summed E-state index contributed by atoms with van der Waals surface area (Å²) in [5, 5.41) is 3.05. The van der Waals surface area contributed by atoms with E-state index in [1.165, 1.54) is 0 Å². The van der Waals surface area contributed by atoms with Crippen LogP contribution in [0, 0.1) is 5.92 Å². The van der Waals surface area contributed by atoms with Crippen LogP contribution < -0.4 is 5.32 Å². The molecule has 1 rings (SSSR count). The SMILES string of the molecule is CC.CN(C)C(=O)C1CNC1. The molecule has 0 unspecified atom stereocenters. The van der Waals surface area contributed by atoms with Crippen LogP contribution in [0.2, 0.25) is 0 Å². The maximum Gasteiger partial charge on any atom is 0.227 e. The molecule has 3 nitrogen and oxygen atoms in total. The van der Waals surface area contributed by atoms with Crippen LogP contribution in [0.15, 0.2) is 0 Å². The lowest BCUT2D eigenvalue weighted by Gasteiger charge is -2.28. The molecule has 0 atom stereocenters. The molecule has 1 amide bonds. The highest BCUT2D eigenvalue weighted by Gasteiger charge is 2.25. The summed E-state index contributed by atoms with van der Waals surface area (Å²) in [6, 6.07) is 0. The minimum absolute atomic E-state index is 0.244. The second-order valence-electron chi connectivity index (χ2n) is 2.59. The van der Waals surface area contributed by atoms with Crippen LogP contribution in [-0.4, -0.2) is 38.0 Å². The van der Waals surface area contributed by atoms with E-state index in [-0.39, 0.29) is 11.8 Å². The molecule has 1 aliphatic rings. The van der Waals surface area contributed by atoms with E-state index in [1.54, 1.807) is 19.0 Å². The van der Waals surface area contributed by atoms with E-state index < -0.39 is 0 Å². The summed E-state index contributed by atoms with van der Waals surface area (Å²) in [6.07, 6.45) is 0. The molecule has 1 heterocycles. The second kappa shape index (κ2) is 5.13. The second-order valence-corrected chi connectivity index (χ2v) is 2.59. The molecule has 0 aromatic rings. The van der Waals surface area contributed by atoms with E-state index in [2.05, 4.69) is 5.32 Å². The van der Waals surface area contributed by atoms with Gasteiger partial charge in [-0.2, -0.15) is 0 Å². The van der Waals surface area contributed by atoms with Crippen LogP contribution in [0.3, 0.4) is 0 Å². The third-order valence-corrected chi connectivity index (χ3v) is 1.57. The smallest absolute Gasteiger partial charge is 0.227 e. The third kappa shape index (κ3) is 2.89. The largest absolute Gasteiger partial charge is 0.348 e. The first kappa shape index (κ1) is 10.4. The van der Waals surface area contributed by atoms with Crippen LogP contribution in [0.4, 0.5) is 0 Å². The molecule has 0 saturated carbocycles. The lowest BCUT2D eigenvalue weighted by molar-refractivity contribution is -0.134. The maximum atomic E-state index is 11.0. The molecule has 0 aromatic heterocycles. The first-order valence-electron chi connectivity index (χ1n) is 4.13. The Morgan fingerprint density at radius 1 is 1.36 bits per heavy atom.